The molecule has 22 heteroatoms. The fraction of sp³-hybridized carbons (Fsp3) is 0.321. The third kappa shape index (κ3) is 14.0. The van der Waals surface area contributed by atoms with Crippen LogP contribution in [0.5, 0.6) is 0 Å². The molecule has 2 spiro atoms. The molecular weight excluding hydrogens is 1010 g/mol. The summed E-state index contributed by atoms with van der Waals surface area (Å²) in [6, 6.07) is 39.7. The van der Waals surface area contributed by atoms with E-state index in [1.807, 2.05) is 24.3 Å². The monoisotopic (exact) mass is 1070 g/mol. The number of carbonyl (C=O) groups excluding carboxylic acids is 5. The first kappa shape index (κ1) is 55.3. The zero-order chi connectivity index (χ0) is 53.6. The number of imide groups is 2. The van der Waals surface area contributed by atoms with Crippen LogP contribution in [-0.4, -0.2) is 104 Å². The average molecular weight is 1070 g/mol. The minimum absolute atomic E-state index is 0.258. The smallest absolute Gasteiger partial charge is 0.350 e. The zero-order valence-electron chi connectivity index (χ0n) is 40.6. The number of hydrogen-bond acceptors (Lipinski definition) is 12. The van der Waals surface area contributed by atoms with Gasteiger partial charge in [0.1, 0.15) is 34.1 Å². The number of rotatable bonds is 9. The minimum Gasteiger partial charge on any atom is -0.367 e. The van der Waals surface area contributed by atoms with Crippen molar-refractivity contribution in [3.63, 3.8) is 0 Å². The van der Waals surface area contributed by atoms with Crippen LogP contribution in [0.1, 0.15) is 49.7 Å². The molecule has 6 amide bonds. The third-order valence-corrected chi connectivity index (χ3v) is 14.1. The number of nitriles is 1. The average Bonchev–Trinajstić information content (AvgIpc) is 3.80. The maximum atomic E-state index is 13.2. The van der Waals surface area contributed by atoms with Crippen LogP contribution in [0.15, 0.2) is 138 Å². The Morgan fingerprint density at radius 3 is 1.35 bits per heavy atom. The Morgan fingerprint density at radius 1 is 0.587 bits per heavy atom. The van der Waals surface area contributed by atoms with Crippen LogP contribution >= 0.6 is 10.7 Å². The lowest BCUT2D eigenvalue weighted by molar-refractivity contribution is -0.125. The molecule has 5 fully saturated rings. The Bertz CT molecular complexity index is 2980. The predicted octanol–water partition coefficient (Wildman–Crippen LogP) is 7.52. The van der Waals surface area contributed by atoms with Gasteiger partial charge in [0.15, 0.2) is 0 Å². The van der Waals surface area contributed by atoms with Gasteiger partial charge in [0.25, 0.3) is 17.9 Å². The fourth-order valence-corrected chi connectivity index (χ4v) is 9.93. The first-order valence-electron chi connectivity index (χ1n) is 24.0. The number of amides is 6. The highest BCUT2D eigenvalue weighted by Crippen LogP contribution is 2.38. The molecule has 0 radical (unpaired) electrons. The van der Waals surface area contributed by atoms with Gasteiger partial charge in [-0.15, -0.1) is 0 Å². The second kappa shape index (κ2) is 24.7. The molecule has 5 aliphatic rings. The molecule has 75 heavy (non-hydrogen) atoms. The largest absolute Gasteiger partial charge is 0.367 e. The summed E-state index contributed by atoms with van der Waals surface area (Å²) in [6.45, 7) is 6.27. The van der Waals surface area contributed by atoms with Crippen LogP contribution in [-0.2, 0) is 36.7 Å². The van der Waals surface area contributed by atoms with Crippen molar-refractivity contribution in [3.05, 3.63) is 162 Å². The van der Waals surface area contributed by atoms with Gasteiger partial charge in [-0.1, -0.05) is 65.1 Å². The van der Waals surface area contributed by atoms with Gasteiger partial charge in [-0.3, -0.25) is 39.8 Å². The second-order valence-electron chi connectivity index (χ2n) is 18.4. The molecule has 0 atom stereocenters. The molecule has 5 saturated heterocycles. The first-order valence-corrected chi connectivity index (χ1v) is 26.3. The van der Waals surface area contributed by atoms with Crippen molar-refractivity contribution in [2.75, 3.05) is 54.4 Å². The highest BCUT2D eigenvalue weighted by Gasteiger charge is 2.55. The maximum absolute atomic E-state index is 13.2. The number of likely N-dealkylation sites (tertiary alicyclic amines) is 2. The maximum Gasteiger partial charge on any atom is 0.350 e. The van der Waals surface area contributed by atoms with Crippen molar-refractivity contribution >= 4 is 66.9 Å². The zero-order valence-corrected chi connectivity index (χ0v) is 42.1. The van der Waals surface area contributed by atoms with Crippen LogP contribution in [0.3, 0.4) is 0 Å². The molecule has 0 aromatic heterocycles. The summed E-state index contributed by atoms with van der Waals surface area (Å²) < 4.78 is 60.6. The molecule has 0 saturated carbocycles. The van der Waals surface area contributed by atoms with Gasteiger partial charge >= 0.3 is 21.3 Å². The van der Waals surface area contributed by atoms with E-state index in [0.717, 1.165) is 50.8 Å². The standard InChI is InChI=1S/C20H20FN3O2.C19H20FN3.C13H14FN3O2.CClNO3S/c21-16-6-8-17(9-7-16)24-19(26)22-18(25)20(24)10-12-23(13-11-20)14-15-4-2-1-3-5-15;20-17-6-8-18(9-7-17)22-19(15-21)10-12-23(13-11-19)14-16-4-2-1-3-5-16;14-9-1-3-10(4-2-9)17-12(19)16-11(18)13(17)5-7-15-8-6-13;2-7(5,6)3-1-4/h1-9H,10-14H2,(H,22,25,26);1-9,22H,10-14H2;1-4,15H,5-8H2,(H,16,18,19);. The van der Waals surface area contributed by atoms with E-state index in [1.165, 1.54) is 69.5 Å². The van der Waals surface area contributed by atoms with Gasteiger partial charge in [-0.2, -0.15) is 13.7 Å². The van der Waals surface area contributed by atoms with Gasteiger partial charge in [0.05, 0.1) is 6.07 Å². The molecule has 392 valence electrons. The van der Waals surface area contributed by atoms with Gasteiger partial charge in [0, 0.05) is 67.0 Å². The lowest BCUT2D eigenvalue weighted by Gasteiger charge is -2.42. The number of nitrogens with zero attached hydrogens (tertiary/aromatic N) is 6. The summed E-state index contributed by atoms with van der Waals surface area (Å²) in [5.41, 5.74) is 2.13. The summed E-state index contributed by atoms with van der Waals surface area (Å²) in [7, 11) is 0.376. The van der Waals surface area contributed by atoms with E-state index < -0.39 is 37.9 Å². The molecule has 10 rings (SSSR count). The number of urea groups is 2. The number of piperidine rings is 3. The van der Waals surface area contributed by atoms with E-state index in [4.69, 9.17) is 4.79 Å². The topological polar surface area (TPSA) is 217 Å². The molecule has 5 aromatic carbocycles. The van der Waals surface area contributed by atoms with Crippen molar-refractivity contribution < 1.29 is 45.6 Å². The molecule has 0 aliphatic carbocycles. The highest BCUT2D eigenvalue weighted by molar-refractivity contribution is 8.12. The lowest BCUT2D eigenvalue weighted by atomic mass is 9.85. The van der Waals surface area contributed by atoms with Crippen molar-refractivity contribution in [2.45, 2.75) is 68.2 Å². The molecule has 4 N–H and O–H groups in total. The molecule has 5 heterocycles. The number of halogens is 4. The summed E-state index contributed by atoms with van der Waals surface area (Å²) in [5, 5.41) is 20.9. The number of hydrogen-bond donors (Lipinski definition) is 4. The number of carbonyl (C=O) groups is 4. The molecule has 5 aliphatic heterocycles. The lowest BCUT2D eigenvalue weighted by Crippen LogP contribution is -2.56. The van der Waals surface area contributed by atoms with Crippen LogP contribution in [0.2, 0.25) is 0 Å². The third-order valence-electron chi connectivity index (χ3n) is 13.6. The predicted molar refractivity (Wildman–Crippen MR) is 276 cm³/mol. The van der Waals surface area contributed by atoms with Gasteiger partial charge in [0.2, 0.25) is 0 Å². The Hall–Kier alpha value is -7.44. The van der Waals surface area contributed by atoms with E-state index in [2.05, 4.69) is 88.6 Å². The Labute approximate surface area is 436 Å². The van der Waals surface area contributed by atoms with Crippen LogP contribution in [0.4, 0.5) is 39.8 Å². The Balaban J connectivity index is 0.000000156. The van der Waals surface area contributed by atoms with Crippen molar-refractivity contribution in [1.82, 2.24) is 25.8 Å². The summed E-state index contributed by atoms with van der Waals surface area (Å²) in [5.74, 6) is -1.52. The summed E-state index contributed by atoms with van der Waals surface area (Å²) >= 11 is 0. The molecule has 5 aromatic rings. The molecular formula is C53H54ClF3N10O7S. The van der Waals surface area contributed by atoms with E-state index in [-0.39, 0.29) is 29.3 Å². The highest BCUT2D eigenvalue weighted by atomic mass is 35.7. The van der Waals surface area contributed by atoms with Crippen LogP contribution < -0.4 is 31.1 Å². The Morgan fingerprint density at radius 2 is 0.973 bits per heavy atom. The van der Waals surface area contributed by atoms with Gasteiger partial charge < -0.3 is 10.6 Å². The number of anilines is 3. The van der Waals surface area contributed by atoms with E-state index in [1.54, 1.807) is 24.3 Å². The van der Waals surface area contributed by atoms with Crippen molar-refractivity contribution in [1.29, 1.82) is 5.26 Å². The van der Waals surface area contributed by atoms with E-state index >= 15 is 0 Å². The SMILES string of the molecule is N#CC1(Nc2ccc(F)cc2)CCN(Cc2ccccc2)CC1.O=C1NC(=O)C2(CCN(Cc3ccccc3)CC2)N1c1ccc(F)cc1.O=C1NC(=O)C2(CCNCC2)N1c1ccc(F)cc1.O=C=NS(=O)(=O)Cl. The first-order chi connectivity index (χ1) is 36.0. The number of nitrogens with one attached hydrogen (secondary N) is 4. The van der Waals surface area contributed by atoms with Gasteiger partial charge in [-0.05, 0) is 136 Å². The molecule has 17 nitrogen and oxygen atoms in total. The minimum atomic E-state index is -4.00. The fourth-order valence-electron chi connectivity index (χ4n) is 9.76. The van der Waals surface area contributed by atoms with E-state index in [0.29, 0.717) is 63.2 Å². The molecule has 0 unspecified atom stereocenters. The second-order valence-corrected chi connectivity index (χ2v) is 20.6. The van der Waals surface area contributed by atoms with Crippen molar-refractivity contribution in [3.8, 4) is 6.07 Å². The summed E-state index contributed by atoms with van der Waals surface area (Å²) in [6.07, 6.45) is 4.49. The van der Waals surface area contributed by atoms with E-state index in [9.17, 15) is 46.0 Å². The van der Waals surface area contributed by atoms with Crippen LogP contribution in [0.25, 0.3) is 0 Å². The number of benzene rings is 5. The van der Waals surface area contributed by atoms with Crippen LogP contribution in [0, 0.1) is 28.8 Å². The molecule has 0 bridgehead atoms. The Kier molecular flexibility index (Phi) is 18.2. The van der Waals surface area contributed by atoms with Gasteiger partial charge in [-0.25, -0.2) is 27.6 Å². The quantitative estimate of drug-likeness (QED) is 0.0488. The van der Waals surface area contributed by atoms with Crippen molar-refractivity contribution in [2.24, 2.45) is 4.40 Å². The summed E-state index contributed by atoms with van der Waals surface area (Å²) in [4.78, 5) is 65.9. The number of isocyanates is 1. The normalized spacial score (nSPS) is 18.7.